The molecule has 6 aromatic carbocycles. The van der Waals surface area contributed by atoms with Gasteiger partial charge in [0.15, 0.2) is 0 Å². The SMILES string of the molecule is CC(C[P@@](Cc1ccccc1)c1ccccc1)(C[P@](Cc1ccccc1)c1ccccc1)C[P@](Cc1ccccc1)c1ccccc1. The van der Waals surface area contributed by atoms with Crippen LogP contribution in [0.15, 0.2) is 182 Å². The Balaban J connectivity index is 1.41. The molecule has 47 heavy (non-hydrogen) atoms. The van der Waals surface area contributed by atoms with Gasteiger partial charge in [0, 0.05) is 0 Å². The third kappa shape index (κ3) is 10.1. The molecule has 0 fully saturated rings. The van der Waals surface area contributed by atoms with E-state index in [4.69, 9.17) is 0 Å². The van der Waals surface area contributed by atoms with Crippen molar-refractivity contribution in [3.05, 3.63) is 199 Å². The van der Waals surface area contributed by atoms with Gasteiger partial charge in [-0.05, 0) is 75.0 Å². The molecule has 0 heterocycles. The predicted octanol–water partition coefficient (Wildman–Crippen LogP) is 11.0. The number of rotatable bonds is 15. The van der Waals surface area contributed by atoms with Crippen LogP contribution in [0.3, 0.4) is 0 Å². The predicted molar refractivity (Wildman–Crippen MR) is 212 cm³/mol. The number of hydrogen-bond acceptors (Lipinski definition) is 0. The fraction of sp³-hybridized carbons (Fsp3) is 0.182. The highest BCUT2D eigenvalue weighted by Crippen LogP contribution is 2.55. The van der Waals surface area contributed by atoms with Crippen LogP contribution in [-0.4, -0.2) is 18.5 Å². The van der Waals surface area contributed by atoms with Crippen molar-refractivity contribution in [3.8, 4) is 0 Å². The standard InChI is InChI=1S/C44H45P3/c1-44(35-45(41-26-14-5-15-27-41)32-38-20-8-2-9-21-38,36-46(42-28-16-6-17-29-42)33-39-22-10-3-11-23-39)37-47(43-30-18-7-19-31-43)34-40-24-12-4-13-25-40/h2-31H,32-37H2,1H3/t45-,46-,47+/m0/s1. The van der Waals surface area contributed by atoms with Gasteiger partial charge >= 0.3 is 0 Å². The maximum atomic E-state index is 2.66. The molecule has 3 atom stereocenters. The first kappa shape index (κ1) is 33.5. The fourth-order valence-corrected chi connectivity index (χ4v) is 15.7. The van der Waals surface area contributed by atoms with E-state index in [1.807, 2.05) is 0 Å². The smallest absolute Gasteiger partial charge is 0.00326 e. The molecular weight excluding hydrogens is 621 g/mol. The van der Waals surface area contributed by atoms with Crippen LogP contribution in [-0.2, 0) is 18.5 Å². The van der Waals surface area contributed by atoms with E-state index in [9.17, 15) is 0 Å². The Bertz CT molecular complexity index is 1520. The molecule has 6 aromatic rings. The van der Waals surface area contributed by atoms with Crippen molar-refractivity contribution in [3.63, 3.8) is 0 Å². The molecule has 3 heteroatoms. The molecule has 0 aliphatic heterocycles. The zero-order valence-electron chi connectivity index (χ0n) is 27.4. The van der Waals surface area contributed by atoms with E-state index in [-0.39, 0.29) is 5.41 Å². The maximum Gasteiger partial charge on any atom is -0.00326 e. The van der Waals surface area contributed by atoms with Crippen molar-refractivity contribution in [1.29, 1.82) is 0 Å². The average Bonchev–Trinajstić information content (AvgIpc) is 3.13. The van der Waals surface area contributed by atoms with E-state index in [2.05, 4.69) is 189 Å². The first-order valence-corrected chi connectivity index (χ1v) is 21.8. The van der Waals surface area contributed by atoms with Crippen molar-refractivity contribution in [2.75, 3.05) is 18.5 Å². The van der Waals surface area contributed by atoms with Crippen LogP contribution < -0.4 is 15.9 Å². The largest absolute Gasteiger partial charge is 0.0703 e. The Morgan fingerprint density at radius 3 is 0.766 bits per heavy atom. The van der Waals surface area contributed by atoms with Crippen molar-refractivity contribution in [2.24, 2.45) is 5.41 Å². The van der Waals surface area contributed by atoms with Gasteiger partial charge < -0.3 is 0 Å². The summed E-state index contributed by atoms with van der Waals surface area (Å²) >= 11 is 0. The van der Waals surface area contributed by atoms with E-state index in [0.29, 0.717) is 0 Å². The summed E-state index contributed by atoms with van der Waals surface area (Å²) in [6.45, 7) is 2.66. The molecule has 0 spiro atoms. The molecule has 0 saturated carbocycles. The van der Waals surface area contributed by atoms with Gasteiger partial charge in [-0.25, -0.2) is 0 Å². The molecule has 0 unspecified atom stereocenters. The second-order valence-corrected chi connectivity index (χ2v) is 19.5. The molecule has 6 rings (SSSR count). The van der Waals surface area contributed by atoms with E-state index >= 15 is 0 Å². The molecule has 0 aromatic heterocycles. The summed E-state index contributed by atoms with van der Waals surface area (Å²) in [5, 5.41) is 4.57. The summed E-state index contributed by atoms with van der Waals surface area (Å²) in [6, 6.07) is 67.9. The Hall–Kier alpha value is -3.39. The monoisotopic (exact) mass is 666 g/mol. The van der Waals surface area contributed by atoms with Gasteiger partial charge in [-0.15, -0.1) is 0 Å². The van der Waals surface area contributed by atoms with Crippen LogP contribution in [0, 0.1) is 5.41 Å². The van der Waals surface area contributed by atoms with Crippen LogP contribution in [0.4, 0.5) is 0 Å². The summed E-state index contributed by atoms with van der Waals surface area (Å²) in [5.41, 5.74) is 4.51. The van der Waals surface area contributed by atoms with Crippen LogP contribution in [0.25, 0.3) is 0 Å². The lowest BCUT2D eigenvalue weighted by Gasteiger charge is -2.40. The molecular formula is C44H45P3. The summed E-state index contributed by atoms with van der Waals surface area (Å²) in [5.74, 6) is 0. The Morgan fingerprint density at radius 2 is 0.532 bits per heavy atom. The van der Waals surface area contributed by atoms with Crippen LogP contribution in [0.1, 0.15) is 23.6 Å². The topological polar surface area (TPSA) is 0 Å². The lowest BCUT2D eigenvalue weighted by molar-refractivity contribution is 0.494. The van der Waals surface area contributed by atoms with Gasteiger partial charge in [-0.2, -0.15) is 0 Å². The van der Waals surface area contributed by atoms with Crippen molar-refractivity contribution in [1.82, 2.24) is 0 Å². The Labute approximate surface area is 286 Å². The quantitative estimate of drug-likeness (QED) is 0.0957. The van der Waals surface area contributed by atoms with Gasteiger partial charge in [0.1, 0.15) is 0 Å². The van der Waals surface area contributed by atoms with Crippen molar-refractivity contribution < 1.29 is 0 Å². The number of hydrogen-bond donors (Lipinski definition) is 0. The first-order valence-electron chi connectivity index (χ1n) is 16.7. The third-order valence-electron chi connectivity index (χ3n) is 8.73. The first-order chi connectivity index (χ1) is 23.1. The normalized spacial score (nSPS) is 13.5. The molecule has 0 aliphatic carbocycles. The van der Waals surface area contributed by atoms with E-state index in [1.165, 1.54) is 51.1 Å². The van der Waals surface area contributed by atoms with Crippen molar-refractivity contribution >= 4 is 39.7 Å². The summed E-state index contributed by atoms with van der Waals surface area (Å²) in [7, 11) is -1.25. The lowest BCUT2D eigenvalue weighted by Crippen LogP contribution is -2.33. The van der Waals surface area contributed by atoms with E-state index in [1.54, 1.807) is 0 Å². The lowest BCUT2D eigenvalue weighted by atomic mass is 9.99. The molecule has 0 N–H and O–H groups in total. The van der Waals surface area contributed by atoms with Gasteiger partial charge in [-0.3, -0.25) is 0 Å². The highest BCUT2D eigenvalue weighted by atomic mass is 31.1. The average molecular weight is 667 g/mol. The zero-order valence-corrected chi connectivity index (χ0v) is 30.1. The second kappa shape index (κ2) is 17.1. The van der Waals surface area contributed by atoms with Gasteiger partial charge in [0.2, 0.25) is 0 Å². The second-order valence-electron chi connectivity index (χ2n) is 12.8. The molecule has 0 saturated heterocycles. The summed E-state index contributed by atoms with van der Waals surface area (Å²) < 4.78 is 0. The number of benzene rings is 6. The van der Waals surface area contributed by atoms with E-state index in [0.717, 1.165) is 18.5 Å². The Morgan fingerprint density at radius 1 is 0.319 bits per heavy atom. The van der Waals surface area contributed by atoms with Gasteiger partial charge in [-0.1, -0.05) is 213 Å². The Kier molecular flexibility index (Phi) is 12.2. The minimum absolute atomic E-state index is 0.156. The highest BCUT2D eigenvalue weighted by molar-refractivity contribution is 7.67. The molecule has 0 nitrogen and oxygen atoms in total. The van der Waals surface area contributed by atoms with Gasteiger partial charge in [0.25, 0.3) is 0 Å². The molecule has 0 amide bonds. The summed E-state index contributed by atoms with van der Waals surface area (Å²) in [4.78, 5) is 0. The minimum Gasteiger partial charge on any atom is -0.0703 e. The molecule has 0 aliphatic rings. The molecule has 236 valence electrons. The van der Waals surface area contributed by atoms with Gasteiger partial charge in [0.05, 0.1) is 0 Å². The van der Waals surface area contributed by atoms with E-state index < -0.39 is 23.8 Å². The van der Waals surface area contributed by atoms with Crippen LogP contribution in [0.2, 0.25) is 0 Å². The molecule has 0 bridgehead atoms. The van der Waals surface area contributed by atoms with Crippen LogP contribution in [0.5, 0.6) is 0 Å². The fourth-order valence-electron chi connectivity index (χ4n) is 6.58. The maximum absolute atomic E-state index is 2.66. The highest BCUT2D eigenvalue weighted by Gasteiger charge is 2.35. The minimum atomic E-state index is -0.417. The summed E-state index contributed by atoms with van der Waals surface area (Å²) in [6.07, 6.45) is 7.05. The molecule has 0 radical (unpaired) electrons. The van der Waals surface area contributed by atoms with Crippen molar-refractivity contribution in [2.45, 2.75) is 25.4 Å². The zero-order chi connectivity index (χ0) is 32.2. The third-order valence-corrected chi connectivity index (χ3v) is 17.5. The van der Waals surface area contributed by atoms with Crippen LogP contribution >= 0.6 is 23.8 Å².